The van der Waals surface area contributed by atoms with Crippen LogP contribution in [-0.4, -0.2) is 54.0 Å². The Morgan fingerprint density at radius 3 is 2.26 bits per heavy atom. The summed E-state index contributed by atoms with van der Waals surface area (Å²) < 4.78 is 6.65. The van der Waals surface area contributed by atoms with Crippen LogP contribution < -0.4 is 10.6 Å². The van der Waals surface area contributed by atoms with E-state index in [1.165, 1.54) is 38.5 Å². The van der Waals surface area contributed by atoms with E-state index in [-0.39, 0.29) is 17.8 Å². The molecular weight excluding hydrogens is 360 g/mol. The lowest BCUT2D eigenvalue weighted by Crippen LogP contribution is -2.60. The van der Waals surface area contributed by atoms with Gasteiger partial charge in [-0.25, -0.2) is 0 Å². The van der Waals surface area contributed by atoms with Crippen molar-refractivity contribution in [1.29, 1.82) is 0 Å². The van der Waals surface area contributed by atoms with E-state index in [1.54, 1.807) is 11.8 Å². The van der Waals surface area contributed by atoms with Crippen molar-refractivity contribution in [3.05, 3.63) is 0 Å². The molecule has 2 aliphatic heterocycles. The number of carbonyl (C=O) groups is 2. The Hall–Kier alpha value is -0.590. The minimum Gasteiger partial charge on any atom is -0.362 e. The molecule has 6 heteroatoms. The van der Waals surface area contributed by atoms with Gasteiger partial charge in [0, 0.05) is 12.3 Å². The summed E-state index contributed by atoms with van der Waals surface area (Å²) >= 11 is 1.62. The lowest BCUT2D eigenvalue weighted by molar-refractivity contribution is -0.168. The molecule has 4 aliphatic rings. The summed E-state index contributed by atoms with van der Waals surface area (Å²) in [6, 6.07) is 0. The zero-order chi connectivity index (χ0) is 19.2. The number of amides is 1. The first-order chi connectivity index (χ1) is 13.1. The largest absolute Gasteiger partial charge is 0.362 e. The second-order valence-corrected chi connectivity index (χ2v) is 9.60. The van der Waals surface area contributed by atoms with Crippen LogP contribution in [-0.2, 0) is 14.3 Å². The van der Waals surface area contributed by atoms with Crippen LogP contribution in [0.1, 0.15) is 77.0 Å². The van der Waals surface area contributed by atoms with Gasteiger partial charge in [0.25, 0.3) is 5.91 Å². The molecule has 0 aromatic rings. The number of hydrogen-bond donors (Lipinski definition) is 2. The third kappa shape index (κ3) is 5.07. The first-order valence-electron chi connectivity index (χ1n) is 10.9. The molecule has 154 valence electrons. The molecule has 0 radical (unpaired) electrons. The predicted octanol–water partition coefficient (Wildman–Crippen LogP) is 3.21. The van der Waals surface area contributed by atoms with Gasteiger partial charge in [-0.2, -0.15) is 11.8 Å². The molecule has 2 saturated carbocycles. The molecule has 5 nitrogen and oxygen atoms in total. The van der Waals surface area contributed by atoms with Crippen molar-refractivity contribution >= 4 is 23.5 Å². The molecule has 0 spiro atoms. The van der Waals surface area contributed by atoms with Crippen molar-refractivity contribution in [2.75, 3.05) is 25.1 Å². The molecule has 1 amide bonds. The van der Waals surface area contributed by atoms with Crippen molar-refractivity contribution in [3.8, 4) is 0 Å². The van der Waals surface area contributed by atoms with Crippen LogP contribution in [0.4, 0.5) is 0 Å². The Balaban J connectivity index is 1.77. The monoisotopic (exact) mass is 396 g/mol. The van der Waals surface area contributed by atoms with Crippen molar-refractivity contribution in [2.24, 2.45) is 0 Å². The van der Waals surface area contributed by atoms with E-state index >= 15 is 0 Å². The van der Waals surface area contributed by atoms with Gasteiger partial charge in [0.05, 0.1) is 17.4 Å². The average Bonchev–Trinajstić information content (AvgIpc) is 2.79. The van der Waals surface area contributed by atoms with Crippen molar-refractivity contribution in [3.63, 3.8) is 0 Å². The van der Waals surface area contributed by atoms with E-state index < -0.39 is 11.1 Å². The van der Waals surface area contributed by atoms with Gasteiger partial charge >= 0.3 is 0 Å². The molecule has 0 atom stereocenters. The van der Waals surface area contributed by atoms with Gasteiger partial charge in [-0.3, -0.25) is 9.59 Å². The molecular formula is C21H36N2O3S. The van der Waals surface area contributed by atoms with Crippen LogP contribution in [0.5, 0.6) is 0 Å². The molecule has 2 heterocycles. The van der Waals surface area contributed by atoms with E-state index in [2.05, 4.69) is 10.6 Å². The van der Waals surface area contributed by atoms with E-state index in [0.29, 0.717) is 38.0 Å². The summed E-state index contributed by atoms with van der Waals surface area (Å²) in [5.41, 5.74) is -1.24. The summed E-state index contributed by atoms with van der Waals surface area (Å²) in [5, 5.41) is 6.41. The molecule has 2 saturated heterocycles. The number of nitrogens with one attached hydrogen (secondary N) is 2. The molecule has 27 heavy (non-hydrogen) atoms. The van der Waals surface area contributed by atoms with Gasteiger partial charge in [-0.1, -0.05) is 38.5 Å². The van der Waals surface area contributed by atoms with E-state index in [0.717, 1.165) is 18.6 Å². The fourth-order valence-corrected chi connectivity index (χ4v) is 5.73. The van der Waals surface area contributed by atoms with Crippen LogP contribution in [0, 0.1) is 0 Å². The zero-order valence-corrected chi connectivity index (χ0v) is 17.6. The summed E-state index contributed by atoms with van der Waals surface area (Å²) in [7, 11) is 1.88. The average molecular weight is 397 g/mol. The highest BCUT2D eigenvalue weighted by atomic mass is 32.2. The molecule has 4 rings (SSSR count). The number of rotatable bonds is 3. The molecule has 0 aromatic carbocycles. The fourth-order valence-electron chi connectivity index (χ4n) is 4.88. The highest BCUT2D eigenvalue weighted by molar-refractivity contribution is 7.99. The minimum atomic E-state index is -0.756. The maximum Gasteiger partial charge on any atom is 0.252 e. The topological polar surface area (TPSA) is 67.4 Å². The number of ketones is 1. The fraction of sp³-hybridized carbons (Fsp3) is 0.905. The van der Waals surface area contributed by atoms with Crippen LogP contribution >= 0.6 is 11.8 Å². The first kappa shape index (κ1) is 21.1. The number of hydrogen-bond acceptors (Lipinski definition) is 5. The first-order valence-corrected chi connectivity index (χ1v) is 12.0. The summed E-state index contributed by atoms with van der Waals surface area (Å²) in [4.78, 5) is 26.0. The van der Waals surface area contributed by atoms with Crippen LogP contribution in [0.2, 0.25) is 0 Å². The Labute approximate surface area is 168 Å². The number of likely N-dealkylation sites (N-methyl/N-ethyl adjacent to an activating group) is 1. The highest BCUT2D eigenvalue weighted by Gasteiger charge is 2.51. The van der Waals surface area contributed by atoms with Crippen LogP contribution in [0.3, 0.4) is 0 Å². The third-order valence-electron chi connectivity index (χ3n) is 6.80. The highest BCUT2D eigenvalue weighted by Crippen LogP contribution is 2.40. The van der Waals surface area contributed by atoms with E-state index in [9.17, 15) is 9.59 Å². The molecule has 2 bridgehead atoms. The zero-order valence-electron chi connectivity index (χ0n) is 16.8. The summed E-state index contributed by atoms with van der Waals surface area (Å²) in [6.07, 6.45) is 12.5. The maximum atomic E-state index is 13.1. The number of fused-ring (bicyclic) bond motifs is 8. The second kappa shape index (κ2) is 9.75. The van der Waals surface area contributed by atoms with Gasteiger partial charge in [0.2, 0.25) is 0 Å². The van der Waals surface area contributed by atoms with E-state index in [1.807, 2.05) is 7.05 Å². The lowest BCUT2D eigenvalue weighted by atomic mass is 9.71. The number of Topliss-reactive ketones (excluding diaryl/α,β-unsaturated/α-hetero) is 1. The van der Waals surface area contributed by atoms with Crippen LogP contribution in [0.25, 0.3) is 0 Å². The van der Waals surface area contributed by atoms with Gasteiger partial charge in [-0.05, 0) is 45.6 Å². The van der Waals surface area contributed by atoms with E-state index in [4.69, 9.17) is 4.74 Å². The smallest absolute Gasteiger partial charge is 0.252 e. The molecule has 0 aromatic heterocycles. The number of ether oxygens (including phenoxy) is 1. The van der Waals surface area contributed by atoms with Gasteiger partial charge in [0.1, 0.15) is 5.60 Å². The van der Waals surface area contributed by atoms with Crippen molar-refractivity contribution in [1.82, 2.24) is 10.6 Å². The molecule has 2 aliphatic carbocycles. The molecule has 2 N–H and O–H groups in total. The minimum absolute atomic E-state index is 0.0435. The third-order valence-corrected chi connectivity index (χ3v) is 7.76. The van der Waals surface area contributed by atoms with Gasteiger partial charge in [0.15, 0.2) is 5.78 Å². The Morgan fingerprint density at radius 2 is 1.63 bits per heavy atom. The predicted molar refractivity (Wildman–Crippen MR) is 110 cm³/mol. The summed E-state index contributed by atoms with van der Waals surface area (Å²) in [5.74, 6) is 1.62. The lowest BCUT2D eigenvalue weighted by Gasteiger charge is -2.45. The van der Waals surface area contributed by atoms with Gasteiger partial charge in [-0.15, -0.1) is 0 Å². The second-order valence-electron chi connectivity index (χ2n) is 8.50. The quantitative estimate of drug-likeness (QED) is 0.767. The normalized spacial score (nSPS) is 34.9. The van der Waals surface area contributed by atoms with Crippen LogP contribution in [0.15, 0.2) is 0 Å². The molecule has 4 fully saturated rings. The van der Waals surface area contributed by atoms with Crippen molar-refractivity contribution < 1.29 is 14.3 Å². The Kier molecular flexibility index (Phi) is 7.63. The standard InChI is InChI=1S/C21H36N2O3S/c1-22-20-10-12-21(13-11-20,19(25)23-14-15-27-16-18(20)24)26-17-8-6-4-2-3-5-7-9-17/h17,22H,2-16H2,1H3,(H,23,25). The Bertz CT molecular complexity index is 508. The SMILES string of the molecule is CNC12CCC(OC3CCCCCCCC3)(CC1)C(=O)NCCSCC2=O. The Morgan fingerprint density at radius 1 is 1.00 bits per heavy atom. The maximum absolute atomic E-state index is 13.1. The molecule has 0 unspecified atom stereocenters. The summed E-state index contributed by atoms with van der Waals surface area (Å²) in [6.45, 7) is 0.610. The van der Waals surface area contributed by atoms with Crippen molar-refractivity contribution in [2.45, 2.75) is 94.3 Å². The number of carbonyl (C=O) groups excluding carboxylic acids is 2. The van der Waals surface area contributed by atoms with Gasteiger partial charge < -0.3 is 15.4 Å². The number of thioether (sulfide) groups is 1.